The molecule has 4 heteroatoms. The molecule has 0 saturated heterocycles. The second kappa shape index (κ2) is 5.27. The van der Waals surface area contributed by atoms with Gasteiger partial charge in [-0.1, -0.05) is 32.0 Å². The minimum absolute atomic E-state index is 0.127. The smallest absolute Gasteiger partial charge is 0.320 e. The summed E-state index contributed by atoms with van der Waals surface area (Å²) in [5.41, 5.74) is 3.01. The Hall–Kier alpha value is -2.10. The van der Waals surface area contributed by atoms with Gasteiger partial charge in [0.2, 0.25) is 0 Å². The molecule has 0 radical (unpaired) electrons. The molecule has 1 atom stereocenters. The van der Waals surface area contributed by atoms with E-state index >= 15 is 0 Å². The molecule has 0 aliphatic carbocycles. The van der Waals surface area contributed by atoms with Gasteiger partial charge < -0.3 is 9.72 Å². The largest absolute Gasteiger partial charge is 0.462 e. The lowest BCUT2D eigenvalue weighted by atomic mass is 9.81. The highest BCUT2D eigenvalue weighted by Gasteiger charge is 2.35. The lowest BCUT2D eigenvalue weighted by Crippen LogP contribution is -2.24. The summed E-state index contributed by atoms with van der Waals surface area (Å²) < 4.78 is 5.42. The number of ether oxygens (including phenoxy) is 1. The third-order valence-corrected chi connectivity index (χ3v) is 4.07. The summed E-state index contributed by atoms with van der Waals surface area (Å²) in [5.74, 6) is -0.712. The number of aromatic nitrogens is 1. The summed E-state index contributed by atoms with van der Waals surface area (Å²) in [6.07, 6.45) is 1.60. The number of fused-ring (bicyclic) bond motifs is 3. The fraction of sp³-hybridized carbons (Fsp3) is 0.444. The molecular weight excluding hydrogens is 276 g/mol. The molecule has 22 heavy (non-hydrogen) atoms. The van der Waals surface area contributed by atoms with Crippen molar-refractivity contribution in [2.75, 3.05) is 6.54 Å². The lowest BCUT2D eigenvalue weighted by Gasteiger charge is -2.23. The van der Waals surface area contributed by atoms with Crippen LogP contribution in [-0.4, -0.2) is 29.8 Å². The third-order valence-electron chi connectivity index (χ3n) is 4.07. The Kier molecular flexibility index (Phi) is 3.55. The van der Waals surface area contributed by atoms with Crippen molar-refractivity contribution in [3.63, 3.8) is 0 Å². The van der Waals surface area contributed by atoms with E-state index in [2.05, 4.69) is 29.9 Å². The standard InChI is InChI=1S/C18H22N2O2/c1-11(2)22-17(21)13-9-19-10-18(3,4)15-12-7-5-6-8-14(12)20-16(13)15/h5-9,11,13,20H,10H2,1-4H3. The van der Waals surface area contributed by atoms with Crippen LogP contribution >= 0.6 is 0 Å². The highest BCUT2D eigenvalue weighted by Crippen LogP contribution is 2.39. The quantitative estimate of drug-likeness (QED) is 0.862. The fourth-order valence-corrected chi connectivity index (χ4v) is 3.15. The molecule has 0 fully saturated rings. The number of hydrogen-bond acceptors (Lipinski definition) is 3. The van der Waals surface area contributed by atoms with Gasteiger partial charge in [-0.25, -0.2) is 0 Å². The van der Waals surface area contributed by atoms with Gasteiger partial charge >= 0.3 is 5.97 Å². The van der Waals surface area contributed by atoms with Crippen LogP contribution in [0.4, 0.5) is 0 Å². The fourth-order valence-electron chi connectivity index (χ4n) is 3.15. The van der Waals surface area contributed by atoms with Gasteiger partial charge in [-0.2, -0.15) is 0 Å². The molecule has 4 nitrogen and oxygen atoms in total. The topological polar surface area (TPSA) is 54.4 Å². The zero-order valence-corrected chi connectivity index (χ0v) is 13.5. The van der Waals surface area contributed by atoms with E-state index in [0.717, 1.165) is 16.6 Å². The molecule has 0 saturated carbocycles. The predicted molar refractivity (Wildman–Crippen MR) is 88.7 cm³/mol. The minimum atomic E-state index is -0.466. The Labute approximate surface area is 130 Å². The molecule has 1 aromatic carbocycles. The molecule has 1 aliphatic rings. The summed E-state index contributed by atoms with van der Waals surface area (Å²) in [6.45, 7) is 8.72. The first kappa shape index (κ1) is 14.8. The van der Waals surface area contributed by atoms with Gasteiger partial charge in [0, 0.05) is 34.8 Å². The zero-order valence-electron chi connectivity index (χ0n) is 13.5. The van der Waals surface area contributed by atoms with Crippen molar-refractivity contribution in [2.45, 2.75) is 45.1 Å². The molecule has 1 aliphatic heterocycles. The van der Waals surface area contributed by atoms with Crippen molar-refractivity contribution in [3.8, 4) is 0 Å². The molecule has 2 heterocycles. The maximum absolute atomic E-state index is 12.5. The van der Waals surface area contributed by atoms with Crippen molar-refractivity contribution in [2.24, 2.45) is 4.99 Å². The number of nitrogens with one attached hydrogen (secondary N) is 1. The van der Waals surface area contributed by atoms with E-state index < -0.39 is 5.92 Å². The van der Waals surface area contributed by atoms with Crippen molar-refractivity contribution >= 4 is 23.1 Å². The monoisotopic (exact) mass is 298 g/mol. The maximum Gasteiger partial charge on any atom is 0.320 e. The molecule has 2 aromatic rings. The van der Waals surface area contributed by atoms with Crippen LogP contribution in [0.25, 0.3) is 10.9 Å². The van der Waals surface area contributed by atoms with E-state index in [-0.39, 0.29) is 17.5 Å². The van der Waals surface area contributed by atoms with Crippen molar-refractivity contribution in [1.82, 2.24) is 4.98 Å². The molecule has 0 amide bonds. The van der Waals surface area contributed by atoms with E-state index in [1.54, 1.807) is 6.21 Å². The molecule has 1 N–H and O–H groups in total. The molecule has 0 bridgehead atoms. The number of aromatic amines is 1. The summed E-state index contributed by atoms with van der Waals surface area (Å²) in [4.78, 5) is 20.4. The molecule has 116 valence electrons. The molecule has 1 unspecified atom stereocenters. The predicted octanol–water partition coefficient (Wildman–Crippen LogP) is 3.57. The number of esters is 1. The van der Waals surface area contributed by atoms with E-state index in [4.69, 9.17) is 4.74 Å². The summed E-state index contributed by atoms with van der Waals surface area (Å²) in [7, 11) is 0. The highest BCUT2D eigenvalue weighted by atomic mass is 16.5. The number of nitrogens with zero attached hydrogens (tertiary/aromatic N) is 1. The van der Waals surface area contributed by atoms with Crippen LogP contribution < -0.4 is 0 Å². The van der Waals surface area contributed by atoms with Crippen LogP contribution in [0.15, 0.2) is 29.3 Å². The van der Waals surface area contributed by atoms with Crippen LogP contribution in [0.2, 0.25) is 0 Å². The first-order valence-electron chi connectivity index (χ1n) is 7.71. The van der Waals surface area contributed by atoms with Crippen LogP contribution in [0.5, 0.6) is 0 Å². The third kappa shape index (κ3) is 2.43. The van der Waals surface area contributed by atoms with E-state index in [1.807, 2.05) is 32.0 Å². The van der Waals surface area contributed by atoms with Crippen LogP contribution in [0.1, 0.15) is 44.9 Å². The normalized spacial score (nSPS) is 20.0. The van der Waals surface area contributed by atoms with Crippen molar-refractivity contribution < 1.29 is 9.53 Å². The average Bonchev–Trinajstić information content (AvgIpc) is 2.76. The van der Waals surface area contributed by atoms with Gasteiger partial charge in [0.25, 0.3) is 0 Å². The first-order chi connectivity index (χ1) is 10.4. The zero-order chi connectivity index (χ0) is 15.9. The van der Waals surface area contributed by atoms with Crippen LogP contribution in [0.3, 0.4) is 0 Å². The number of rotatable bonds is 2. The average molecular weight is 298 g/mol. The van der Waals surface area contributed by atoms with E-state index in [0.29, 0.717) is 6.54 Å². The molecule has 3 rings (SSSR count). The van der Waals surface area contributed by atoms with Gasteiger partial charge in [-0.15, -0.1) is 0 Å². The number of aliphatic imine (C=N–C) groups is 1. The maximum atomic E-state index is 12.5. The Bertz CT molecular complexity index is 741. The Balaban J connectivity index is 2.19. The molecule has 1 aromatic heterocycles. The van der Waals surface area contributed by atoms with Gasteiger partial charge in [0.05, 0.1) is 6.10 Å². The Morgan fingerprint density at radius 2 is 2.09 bits per heavy atom. The minimum Gasteiger partial charge on any atom is -0.462 e. The number of hydrogen-bond donors (Lipinski definition) is 1. The van der Waals surface area contributed by atoms with Crippen LogP contribution in [0, 0.1) is 0 Å². The number of para-hydroxylation sites is 1. The summed E-state index contributed by atoms with van der Waals surface area (Å²) in [6, 6.07) is 8.17. The molecular formula is C18H22N2O2. The van der Waals surface area contributed by atoms with Crippen molar-refractivity contribution in [1.29, 1.82) is 0 Å². The van der Waals surface area contributed by atoms with Crippen LogP contribution in [-0.2, 0) is 14.9 Å². The van der Waals surface area contributed by atoms with Gasteiger partial charge in [-0.3, -0.25) is 9.79 Å². The highest BCUT2D eigenvalue weighted by molar-refractivity contribution is 5.99. The van der Waals surface area contributed by atoms with Gasteiger partial charge in [-0.05, 0) is 25.5 Å². The number of H-pyrrole nitrogens is 1. The molecule has 0 spiro atoms. The first-order valence-corrected chi connectivity index (χ1v) is 7.71. The SMILES string of the molecule is CC(C)OC(=O)C1C=NCC(C)(C)c2c1[nH]c1ccccc21. The second-order valence-electron chi connectivity index (χ2n) is 6.80. The second-order valence-corrected chi connectivity index (χ2v) is 6.80. The van der Waals surface area contributed by atoms with E-state index in [9.17, 15) is 4.79 Å². The Morgan fingerprint density at radius 3 is 2.82 bits per heavy atom. The number of benzene rings is 1. The Morgan fingerprint density at radius 1 is 1.36 bits per heavy atom. The summed E-state index contributed by atoms with van der Waals surface area (Å²) in [5, 5.41) is 1.16. The summed E-state index contributed by atoms with van der Waals surface area (Å²) >= 11 is 0. The van der Waals surface area contributed by atoms with Gasteiger partial charge in [0.1, 0.15) is 5.92 Å². The van der Waals surface area contributed by atoms with Gasteiger partial charge in [0.15, 0.2) is 0 Å². The van der Waals surface area contributed by atoms with E-state index in [1.165, 1.54) is 5.56 Å². The number of carbonyl (C=O) groups excluding carboxylic acids is 1. The lowest BCUT2D eigenvalue weighted by molar-refractivity contribution is -0.147. The van der Waals surface area contributed by atoms with Crippen molar-refractivity contribution in [3.05, 3.63) is 35.5 Å². The number of carbonyl (C=O) groups is 1.